The van der Waals surface area contributed by atoms with Crippen molar-refractivity contribution >= 4 is 17.7 Å². The van der Waals surface area contributed by atoms with Gasteiger partial charge in [0.2, 0.25) is 0 Å². The molecular formula is C15H19N3O3S. The van der Waals surface area contributed by atoms with Gasteiger partial charge in [0.15, 0.2) is 11.0 Å². The third kappa shape index (κ3) is 4.00. The molecule has 2 aromatic rings. The quantitative estimate of drug-likeness (QED) is 0.790. The minimum Gasteiger partial charge on any atom is -0.485 e. The van der Waals surface area contributed by atoms with E-state index >= 15 is 0 Å². The lowest BCUT2D eigenvalue weighted by Crippen LogP contribution is -2.08. The number of aromatic nitrogens is 3. The lowest BCUT2D eigenvalue weighted by atomic mass is 10.1. The van der Waals surface area contributed by atoms with Crippen LogP contribution in [0.15, 0.2) is 23.4 Å². The number of carboxylic acids is 1. The molecule has 0 bridgehead atoms. The second kappa shape index (κ2) is 7.31. The van der Waals surface area contributed by atoms with E-state index in [-0.39, 0.29) is 5.75 Å². The Bertz CT molecular complexity index is 670. The summed E-state index contributed by atoms with van der Waals surface area (Å²) in [6.45, 7) is 6.95. The van der Waals surface area contributed by atoms with Gasteiger partial charge in [-0.3, -0.25) is 4.79 Å². The Labute approximate surface area is 133 Å². The first-order valence-corrected chi connectivity index (χ1v) is 7.96. The molecular weight excluding hydrogens is 302 g/mol. The van der Waals surface area contributed by atoms with E-state index in [1.165, 1.54) is 0 Å². The standard InChI is InChI=1S/C15H19N3O3S/c1-4-18-13(16-17-15(18)22-9-14(19)20)8-21-12-7-10(2)5-6-11(12)3/h5-7H,4,8-9H2,1-3H3,(H,19,20). The fourth-order valence-corrected chi connectivity index (χ4v) is 2.72. The topological polar surface area (TPSA) is 77.2 Å². The maximum Gasteiger partial charge on any atom is 0.313 e. The maximum atomic E-state index is 10.7. The molecule has 1 aromatic heterocycles. The van der Waals surface area contributed by atoms with E-state index in [0.717, 1.165) is 28.6 Å². The molecule has 0 saturated heterocycles. The van der Waals surface area contributed by atoms with E-state index < -0.39 is 5.97 Å². The minimum absolute atomic E-state index is 0.0318. The van der Waals surface area contributed by atoms with Crippen molar-refractivity contribution in [3.63, 3.8) is 0 Å². The van der Waals surface area contributed by atoms with Crippen LogP contribution in [-0.4, -0.2) is 31.6 Å². The number of aliphatic carboxylic acids is 1. The normalized spacial score (nSPS) is 10.7. The zero-order valence-corrected chi connectivity index (χ0v) is 13.7. The third-order valence-corrected chi connectivity index (χ3v) is 4.09. The third-order valence-electron chi connectivity index (χ3n) is 3.13. The van der Waals surface area contributed by atoms with Crippen LogP contribution in [0.5, 0.6) is 5.75 Å². The second-order valence-corrected chi connectivity index (χ2v) is 5.83. The largest absolute Gasteiger partial charge is 0.485 e. The van der Waals surface area contributed by atoms with Crippen LogP contribution in [0.3, 0.4) is 0 Å². The van der Waals surface area contributed by atoms with E-state index in [4.69, 9.17) is 9.84 Å². The number of nitrogens with zero attached hydrogens (tertiary/aromatic N) is 3. The number of rotatable bonds is 7. The predicted molar refractivity (Wildman–Crippen MR) is 84.3 cm³/mol. The van der Waals surface area contributed by atoms with Crippen molar-refractivity contribution in [2.45, 2.75) is 39.1 Å². The zero-order valence-electron chi connectivity index (χ0n) is 12.9. The summed E-state index contributed by atoms with van der Waals surface area (Å²) in [5, 5.41) is 17.5. The molecule has 0 saturated carbocycles. The van der Waals surface area contributed by atoms with E-state index in [1.54, 1.807) is 0 Å². The van der Waals surface area contributed by atoms with Crippen LogP contribution in [-0.2, 0) is 17.9 Å². The van der Waals surface area contributed by atoms with Gasteiger partial charge in [0.1, 0.15) is 12.4 Å². The number of thioether (sulfide) groups is 1. The van der Waals surface area contributed by atoms with Crippen LogP contribution in [0.1, 0.15) is 23.9 Å². The number of benzene rings is 1. The molecule has 1 aromatic carbocycles. The number of hydrogen-bond acceptors (Lipinski definition) is 5. The molecule has 0 amide bonds. The van der Waals surface area contributed by atoms with Gasteiger partial charge in [0, 0.05) is 6.54 Å². The molecule has 1 N–H and O–H groups in total. The van der Waals surface area contributed by atoms with E-state index in [0.29, 0.717) is 24.1 Å². The Morgan fingerprint density at radius 3 is 2.82 bits per heavy atom. The first-order chi connectivity index (χ1) is 10.5. The summed E-state index contributed by atoms with van der Waals surface area (Å²) >= 11 is 1.16. The average molecular weight is 321 g/mol. The Balaban J connectivity index is 2.09. The molecule has 0 spiro atoms. The van der Waals surface area contributed by atoms with Crippen molar-refractivity contribution in [3.05, 3.63) is 35.2 Å². The van der Waals surface area contributed by atoms with Crippen molar-refractivity contribution in [2.75, 3.05) is 5.75 Å². The SMILES string of the molecule is CCn1c(COc2cc(C)ccc2C)nnc1SCC(=O)O. The highest BCUT2D eigenvalue weighted by Gasteiger charge is 2.13. The van der Waals surface area contributed by atoms with Crippen molar-refractivity contribution in [2.24, 2.45) is 0 Å². The Kier molecular flexibility index (Phi) is 5.43. The van der Waals surface area contributed by atoms with Crippen LogP contribution >= 0.6 is 11.8 Å². The molecule has 1 heterocycles. The summed E-state index contributed by atoms with van der Waals surface area (Å²) in [5.41, 5.74) is 2.20. The van der Waals surface area contributed by atoms with Gasteiger partial charge in [-0.25, -0.2) is 0 Å². The first-order valence-electron chi connectivity index (χ1n) is 6.98. The molecule has 0 radical (unpaired) electrons. The van der Waals surface area contributed by atoms with Gasteiger partial charge >= 0.3 is 5.97 Å². The smallest absolute Gasteiger partial charge is 0.313 e. The Morgan fingerprint density at radius 2 is 2.14 bits per heavy atom. The van der Waals surface area contributed by atoms with Crippen LogP contribution in [0.2, 0.25) is 0 Å². The summed E-state index contributed by atoms with van der Waals surface area (Å²) in [6.07, 6.45) is 0. The van der Waals surface area contributed by atoms with Crippen LogP contribution < -0.4 is 4.74 Å². The molecule has 7 heteroatoms. The van der Waals surface area contributed by atoms with Crippen molar-refractivity contribution in [3.8, 4) is 5.75 Å². The molecule has 0 aliphatic rings. The summed E-state index contributed by atoms with van der Waals surface area (Å²) in [5.74, 6) is 0.612. The molecule has 2 rings (SSSR count). The van der Waals surface area contributed by atoms with Gasteiger partial charge in [-0.05, 0) is 38.0 Å². The fourth-order valence-electron chi connectivity index (χ4n) is 1.98. The number of hydrogen-bond donors (Lipinski definition) is 1. The first kappa shape index (κ1) is 16.4. The lowest BCUT2D eigenvalue weighted by Gasteiger charge is -2.11. The molecule has 0 fully saturated rings. The fraction of sp³-hybridized carbons (Fsp3) is 0.400. The van der Waals surface area contributed by atoms with Gasteiger partial charge in [0.05, 0.1) is 5.75 Å². The van der Waals surface area contributed by atoms with E-state index in [1.807, 2.05) is 43.5 Å². The average Bonchev–Trinajstić information content (AvgIpc) is 2.88. The van der Waals surface area contributed by atoms with Crippen LogP contribution in [0, 0.1) is 13.8 Å². The molecule has 0 aliphatic heterocycles. The molecule has 6 nitrogen and oxygen atoms in total. The predicted octanol–water partition coefficient (Wildman–Crippen LogP) is 2.67. The highest BCUT2D eigenvalue weighted by atomic mass is 32.2. The van der Waals surface area contributed by atoms with E-state index in [2.05, 4.69) is 10.2 Å². The van der Waals surface area contributed by atoms with Crippen molar-refractivity contribution in [1.82, 2.24) is 14.8 Å². The zero-order chi connectivity index (χ0) is 16.1. The van der Waals surface area contributed by atoms with Crippen LogP contribution in [0.25, 0.3) is 0 Å². The van der Waals surface area contributed by atoms with E-state index in [9.17, 15) is 4.79 Å². The minimum atomic E-state index is -0.871. The number of carboxylic acid groups (broad SMARTS) is 1. The summed E-state index contributed by atoms with van der Waals surface area (Å²) in [6, 6.07) is 6.04. The number of carbonyl (C=O) groups is 1. The summed E-state index contributed by atoms with van der Waals surface area (Å²) in [4.78, 5) is 10.7. The van der Waals surface area contributed by atoms with Crippen molar-refractivity contribution < 1.29 is 14.6 Å². The second-order valence-electron chi connectivity index (χ2n) is 4.88. The highest BCUT2D eigenvalue weighted by molar-refractivity contribution is 7.99. The van der Waals surface area contributed by atoms with Crippen LogP contribution in [0.4, 0.5) is 0 Å². The molecule has 0 unspecified atom stereocenters. The van der Waals surface area contributed by atoms with Crippen molar-refractivity contribution in [1.29, 1.82) is 0 Å². The molecule has 0 atom stereocenters. The maximum absolute atomic E-state index is 10.7. The number of ether oxygens (including phenoxy) is 1. The lowest BCUT2D eigenvalue weighted by molar-refractivity contribution is -0.133. The molecule has 118 valence electrons. The Hall–Kier alpha value is -2.02. The van der Waals surface area contributed by atoms with Gasteiger partial charge in [-0.1, -0.05) is 23.9 Å². The summed E-state index contributed by atoms with van der Waals surface area (Å²) in [7, 11) is 0. The molecule has 22 heavy (non-hydrogen) atoms. The Morgan fingerprint density at radius 1 is 1.36 bits per heavy atom. The molecule has 0 aliphatic carbocycles. The highest BCUT2D eigenvalue weighted by Crippen LogP contribution is 2.21. The van der Waals surface area contributed by atoms with Gasteiger partial charge in [-0.15, -0.1) is 10.2 Å². The monoisotopic (exact) mass is 321 g/mol. The van der Waals surface area contributed by atoms with Gasteiger partial charge in [0.25, 0.3) is 0 Å². The number of aryl methyl sites for hydroxylation is 2. The van der Waals surface area contributed by atoms with Gasteiger partial charge < -0.3 is 14.4 Å². The van der Waals surface area contributed by atoms with Gasteiger partial charge in [-0.2, -0.15) is 0 Å². The summed E-state index contributed by atoms with van der Waals surface area (Å²) < 4.78 is 7.71.